The molecule has 1 rings (SSSR count). The number of hydrogen-bond donors (Lipinski definition) is 1. The first kappa shape index (κ1) is 12.0. The van der Waals surface area contributed by atoms with Gasteiger partial charge in [-0.1, -0.05) is 19.3 Å². The highest BCUT2D eigenvalue weighted by molar-refractivity contribution is 5.71. The van der Waals surface area contributed by atoms with E-state index in [2.05, 4.69) is 11.4 Å². The van der Waals surface area contributed by atoms with Crippen molar-refractivity contribution < 1.29 is 9.53 Å². The van der Waals surface area contributed by atoms with E-state index in [0.29, 0.717) is 6.61 Å². The lowest BCUT2D eigenvalue weighted by atomic mass is 9.83. The number of carbonyl (C=O) groups is 1. The monoisotopic (exact) mass is 210 g/mol. The summed E-state index contributed by atoms with van der Waals surface area (Å²) >= 11 is 0. The van der Waals surface area contributed by atoms with Gasteiger partial charge in [0.25, 0.3) is 0 Å². The van der Waals surface area contributed by atoms with Gasteiger partial charge < -0.3 is 4.74 Å². The smallest absolute Gasteiger partial charge is 0.319 e. The first-order valence-electron chi connectivity index (χ1n) is 5.54. The lowest BCUT2D eigenvalue weighted by molar-refractivity contribution is -0.142. The summed E-state index contributed by atoms with van der Waals surface area (Å²) in [6.45, 7) is 2.31. The molecule has 0 aromatic heterocycles. The second-order valence-corrected chi connectivity index (χ2v) is 3.91. The van der Waals surface area contributed by atoms with Crippen LogP contribution in [-0.2, 0) is 9.53 Å². The van der Waals surface area contributed by atoms with Gasteiger partial charge in [-0.15, -0.1) is 0 Å². The third-order valence-corrected chi connectivity index (χ3v) is 2.80. The maximum atomic E-state index is 11.1. The van der Waals surface area contributed by atoms with Crippen molar-refractivity contribution in [3.63, 3.8) is 0 Å². The number of nitrogens with zero attached hydrogens (tertiary/aromatic N) is 1. The number of nitrogens with one attached hydrogen (secondary N) is 1. The Hall–Kier alpha value is -1.08. The van der Waals surface area contributed by atoms with Crippen LogP contribution in [0.2, 0.25) is 0 Å². The molecule has 0 heterocycles. The standard InChI is InChI=1S/C11H18N2O2/c1-2-15-10(14)8-13-11(9-12)6-4-3-5-7-11/h13H,2-8H2,1H3. The van der Waals surface area contributed by atoms with Crippen molar-refractivity contribution in [1.82, 2.24) is 5.32 Å². The molecule has 0 atom stereocenters. The highest BCUT2D eigenvalue weighted by Gasteiger charge is 2.31. The summed E-state index contributed by atoms with van der Waals surface area (Å²) in [4.78, 5) is 11.1. The molecule has 0 aromatic rings. The Bertz CT molecular complexity index is 252. The second kappa shape index (κ2) is 5.72. The van der Waals surface area contributed by atoms with E-state index in [-0.39, 0.29) is 12.5 Å². The van der Waals surface area contributed by atoms with Crippen molar-refractivity contribution in [2.45, 2.75) is 44.6 Å². The minimum Gasteiger partial charge on any atom is -0.465 e. The van der Waals surface area contributed by atoms with E-state index in [9.17, 15) is 4.79 Å². The van der Waals surface area contributed by atoms with Crippen LogP contribution in [0.15, 0.2) is 0 Å². The van der Waals surface area contributed by atoms with Gasteiger partial charge in [0.2, 0.25) is 0 Å². The van der Waals surface area contributed by atoms with E-state index >= 15 is 0 Å². The van der Waals surface area contributed by atoms with Crippen molar-refractivity contribution in [3.8, 4) is 6.07 Å². The zero-order chi connectivity index (χ0) is 11.1. The summed E-state index contributed by atoms with van der Waals surface area (Å²) in [6.07, 6.45) is 4.98. The van der Waals surface area contributed by atoms with E-state index in [1.165, 1.54) is 6.42 Å². The maximum Gasteiger partial charge on any atom is 0.319 e. The number of nitriles is 1. The maximum absolute atomic E-state index is 11.1. The molecule has 0 aliphatic heterocycles. The first-order valence-corrected chi connectivity index (χ1v) is 5.54. The summed E-state index contributed by atoms with van der Waals surface area (Å²) in [5.41, 5.74) is -0.495. The Balaban J connectivity index is 2.40. The summed E-state index contributed by atoms with van der Waals surface area (Å²) in [5, 5.41) is 12.2. The van der Waals surface area contributed by atoms with Gasteiger partial charge in [-0.05, 0) is 19.8 Å². The third-order valence-electron chi connectivity index (χ3n) is 2.80. The van der Waals surface area contributed by atoms with Crippen molar-refractivity contribution in [1.29, 1.82) is 5.26 Å². The molecule has 4 nitrogen and oxygen atoms in total. The van der Waals surface area contributed by atoms with Crippen molar-refractivity contribution in [2.24, 2.45) is 0 Å². The number of ether oxygens (including phenoxy) is 1. The molecule has 15 heavy (non-hydrogen) atoms. The fourth-order valence-corrected chi connectivity index (χ4v) is 1.94. The zero-order valence-corrected chi connectivity index (χ0v) is 9.21. The fourth-order valence-electron chi connectivity index (χ4n) is 1.94. The summed E-state index contributed by atoms with van der Waals surface area (Å²) in [5.74, 6) is -0.280. The molecule has 1 N–H and O–H groups in total. The molecule has 0 saturated heterocycles. The van der Waals surface area contributed by atoms with Gasteiger partial charge in [-0.2, -0.15) is 5.26 Å². The first-order chi connectivity index (χ1) is 7.22. The Kier molecular flexibility index (Phi) is 4.57. The molecule has 1 fully saturated rings. The van der Waals surface area contributed by atoms with Crippen LogP contribution in [-0.4, -0.2) is 24.7 Å². The molecular formula is C11H18N2O2. The van der Waals surface area contributed by atoms with Gasteiger partial charge in [-0.25, -0.2) is 0 Å². The summed E-state index contributed by atoms with van der Waals surface area (Å²) in [7, 11) is 0. The Morgan fingerprint density at radius 2 is 2.13 bits per heavy atom. The molecule has 1 aliphatic rings. The largest absolute Gasteiger partial charge is 0.465 e. The number of carbonyl (C=O) groups excluding carboxylic acids is 1. The molecule has 0 aromatic carbocycles. The average Bonchev–Trinajstić information content (AvgIpc) is 2.28. The molecule has 0 bridgehead atoms. The number of esters is 1. The highest BCUT2D eigenvalue weighted by atomic mass is 16.5. The van der Waals surface area contributed by atoms with Crippen LogP contribution < -0.4 is 5.32 Å². The van der Waals surface area contributed by atoms with Gasteiger partial charge in [0.1, 0.15) is 5.54 Å². The topological polar surface area (TPSA) is 62.1 Å². The van der Waals surface area contributed by atoms with Crippen LogP contribution >= 0.6 is 0 Å². The summed E-state index contributed by atoms with van der Waals surface area (Å²) < 4.78 is 4.81. The minimum absolute atomic E-state index is 0.140. The Labute approximate surface area is 90.6 Å². The average molecular weight is 210 g/mol. The van der Waals surface area contributed by atoms with Crippen molar-refractivity contribution in [3.05, 3.63) is 0 Å². The van der Waals surface area contributed by atoms with E-state index < -0.39 is 5.54 Å². The Morgan fingerprint density at radius 1 is 1.47 bits per heavy atom. The quantitative estimate of drug-likeness (QED) is 0.712. The van der Waals surface area contributed by atoms with Gasteiger partial charge in [-0.3, -0.25) is 10.1 Å². The lowest BCUT2D eigenvalue weighted by Crippen LogP contribution is -2.47. The van der Waals surface area contributed by atoms with Gasteiger partial charge in [0.05, 0.1) is 19.2 Å². The van der Waals surface area contributed by atoms with Crippen molar-refractivity contribution >= 4 is 5.97 Å². The van der Waals surface area contributed by atoms with Crippen LogP contribution in [0.4, 0.5) is 0 Å². The summed E-state index contributed by atoms with van der Waals surface area (Å²) in [6, 6.07) is 2.30. The zero-order valence-electron chi connectivity index (χ0n) is 9.21. The second-order valence-electron chi connectivity index (χ2n) is 3.91. The van der Waals surface area contributed by atoms with E-state index in [1.54, 1.807) is 6.92 Å². The molecule has 0 unspecified atom stereocenters. The molecule has 1 saturated carbocycles. The van der Waals surface area contributed by atoms with Gasteiger partial charge in [0.15, 0.2) is 0 Å². The van der Waals surface area contributed by atoms with Crippen LogP contribution in [0.25, 0.3) is 0 Å². The van der Waals surface area contributed by atoms with Crippen LogP contribution in [0.5, 0.6) is 0 Å². The van der Waals surface area contributed by atoms with Gasteiger partial charge >= 0.3 is 5.97 Å². The predicted molar refractivity (Wildman–Crippen MR) is 56.1 cm³/mol. The van der Waals surface area contributed by atoms with Crippen molar-refractivity contribution in [2.75, 3.05) is 13.2 Å². The van der Waals surface area contributed by atoms with E-state index in [4.69, 9.17) is 10.00 Å². The van der Waals surface area contributed by atoms with Gasteiger partial charge in [0, 0.05) is 0 Å². The molecular weight excluding hydrogens is 192 g/mol. The SMILES string of the molecule is CCOC(=O)CNC1(C#N)CCCCC1. The number of rotatable bonds is 4. The molecule has 1 aliphatic carbocycles. The fraction of sp³-hybridized carbons (Fsp3) is 0.818. The van der Waals surface area contributed by atoms with E-state index in [0.717, 1.165) is 25.7 Å². The Morgan fingerprint density at radius 3 is 2.67 bits per heavy atom. The molecule has 0 amide bonds. The minimum atomic E-state index is -0.495. The van der Waals surface area contributed by atoms with Crippen LogP contribution in [0.3, 0.4) is 0 Å². The van der Waals surface area contributed by atoms with E-state index in [1.807, 2.05) is 0 Å². The van der Waals surface area contributed by atoms with Crippen LogP contribution in [0, 0.1) is 11.3 Å². The molecule has 0 spiro atoms. The molecule has 0 radical (unpaired) electrons. The normalized spacial score (nSPS) is 19.2. The lowest BCUT2D eigenvalue weighted by Gasteiger charge is -2.31. The third kappa shape index (κ3) is 3.52. The predicted octanol–water partition coefficient (Wildman–Crippen LogP) is 1.37. The molecule has 84 valence electrons. The molecule has 4 heteroatoms. The van der Waals surface area contributed by atoms with Crippen LogP contribution in [0.1, 0.15) is 39.0 Å². The highest BCUT2D eigenvalue weighted by Crippen LogP contribution is 2.27. The number of hydrogen-bond acceptors (Lipinski definition) is 4.